The van der Waals surface area contributed by atoms with Crippen LogP contribution in [0, 0.1) is 6.92 Å². The number of para-hydroxylation sites is 2. The van der Waals surface area contributed by atoms with E-state index in [0.29, 0.717) is 12.6 Å². The van der Waals surface area contributed by atoms with E-state index < -0.39 is 0 Å². The summed E-state index contributed by atoms with van der Waals surface area (Å²) in [6.45, 7) is 5.66. The van der Waals surface area contributed by atoms with E-state index in [0.717, 1.165) is 18.0 Å². The Morgan fingerprint density at radius 2 is 2.15 bits per heavy atom. The molecule has 4 heteroatoms. The summed E-state index contributed by atoms with van der Waals surface area (Å²) in [5.41, 5.74) is 3.43. The van der Waals surface area contributed by atoms with E-state index >= 15 is 0 Å². The third-order valence-electron chi connectivity index (χ3n) is 3.66. The maximum atomic E-state index is 5.69. The van der Waals surface area contributed by atoms with Crippen molar-refractivity contribution >= 4 is 0 Å². The van der Waals surface area contributed by atoms with Gasteiger partial charge in [-0.15, -0.1) is 0 Å². The molecule has 1 N–H and O–H groups in total. The molecule has 1 aromatic carbocycles. The summed E-state index contributed by atoms with van der Waals surface area (Å²) >= 11 is 0. The fourth-order valence-corrected chi connectivity index (χ4v) is 2.31. The van der Waals surface area contributed by atoms with Crippen molar-refractivity contribution in [1.29, 1.82) is 0 Å². The zero-order valence-electron chi connectivity index (χ0n) is 12.1. The molecule has 0 aliphatic heterocycles. The molecule has 4 nitrogen and oxygen atoms in total. The van der Waals surface area contributed by atoms with Crippen LogP contribution in [0.1, 0.15) is 31.0 Å². The third kappa shape index (κ3) is 2.70. The first-order valence-electron chi connectivity index (χ1n) is 7.28. The highest BCUT2D eigenvalue weighted by molar-refractivity contribution is 5.47. The molecular formula is C16H21N3O. The van der Waals surface area contributed by atoms with E-state index in [1.807, 2.05) is 42.1 Å². The molecule has 3 rings (SSSR count). The standard InChI is InChI=1S/C16H21N3O/c1-3-20-16-7-5-4-6-15(16)19-12(2)13(11-18-19)10-17-14-8-9-14/h4-7,11,14,17H,3,8-10H2,1-2H3. The second kappa shape index (κ2) is 5.67. The highest BCUT2D eigenvalue weighted by Gasteiger charge is 2.21. The summed E-state index contributed by atoms with van der Waals surface area (Å²) in [6.07, 6.45) is 4.56. The van der Waals surface area contributed by atoms with E-state index in [1.165, 1.54) is 24.1 Å². The quantitative estimate of drug-likeness (QED) is 0.878. The number of hydrogen-bond acceptors (Lipinski definition) is 3. The maximum Gasteiger partial charge on any atom is 0.144 e. The summed E-state index contributed by atoms with van der Waals surface area (Å²) in [5, 5.41) is 8.06. The molecule has 1 aliphatic rings. The Hall–Kier alpha value is -1.81. The number of benzene rings is 1. The van der Waals surface area contributed by atoms with Gasteiger partial charge in [-0.2, -0.15) is 5.10 Å². The van der Waals surface area contributed by atoms with E-state index in [2.05, 4.69) is 17.3 Å². The van der Waals surface area contributed by atoms with Crippen LogP contribution in [0.25, 0.3) is 5.69 Å². The summed E-state index contributed by atoms with van der Waals surface area (Å²) in [5.74, 6) is 0.878. The number of aromatic nitrogens is 2. The Morgan fingerprint density at radius 3 is 2.90 bits per heavy atom. The van der Waals surface area contributed by atoms with Crippen molar-refractivity contribution in [3.8, 4) is 11.4 Å². The van der Waals surface area contributed by atoms with E-state index in [1.54, 1.807) is 0 Å². The fourth-order valence-electron chi connectivity index (χ4n) is 2.31. The van der Waals surface area contributed by atoms with Gasteiger partial charge < -0.3 is 10.1 Å². The summed E-state index contributed by atoms with van der Waals surface area (Å²) in [7, 11) is 0. The molecule has 1 saturated carbocycles. The molecule has 106 valence electrons. The van der Waals surface area contributed by atoms with Crippen molar-refractivity contribution < 1.29 is 4.74 Å². The zero-order chi connectivity index (χ0) is 13.9. The van der Waals surface area contributed by atoms with Crippen molar-refractivity contribution in [1.82, 2.24) is 15.1 Å². The van der Waals surface area contributed by atoms with Crippen LogP contribution in [0.15, 0.2) is 30.5 Å². The first-order chi connectivity index (χ1) is 9.79. The highest BCUT2D eigenvalue weighted by atomic mass is 16.5. The second-order valence-electron chi connectivity index (χ2n) is 5.22. The van der Waals surface area contributed by atoms with Gasteiger partial charge in [0.05, 0.1) is 12.8 Å². The van der Waals surface area contributed by atoms with Gasteiger partial charge in [-0.25, -0.2) is 4.68 Å². The van der Waals surface area contributed by atoms with Crippen LogP contribution in [0.4, 0.5) is 0 Å². The minimum Gasteiger partial charge on any atom is -0.492 e. The van der Waals surface area contributed by atoms with Gasteiger partial charge in [-0.1, -0.05) is 12.1 Å². The summed E-state index contributed by atoms with van der Waals surface area (Å²) < 4.78 is 7.65. The lowest BCUT2D eigenvalue weighted by Crippen LogP contribution is -2.15. The van der Waals surface area contributed by atoms with Gasteiger partial charge >= 0.3 is 0 Å². The Labute approximate surface area is 119 Å². The molecule has 0 atom stereocenters. The van der Waals surface area contributed by atoms with Gasteiger partial charge in [-0.05, 0) is 38.8 Å². The minimum absolute atomic E-state index is 0.660. The topological polar surface area (TPSA) is 39.1 Å². The Balaban J connectivity index is 1.85. The van der Waals surface area contributed by atoms with Crippen molar-refractivity contribution in [3.05, 3.63) is 41.7 Å². The third-order valence-corrected chi connectivity index (χ3v) is 3.66. The molecule has 1 fully saturated rings. The minimum atomic E-state index is 0.660. The number of nitrogens with zero attached hydrogens (tertiary/aromatic N) is 2. The lowest BCUT2D eigenvalue weighted by atomic mass is 10.2. The summed E-state index contributed by atoms with van der Waals surface area (Å²) in [4.78, 5) is 0. The van der Waals surface area contributed by atoms with Crippen LogP contribution < -0.4 is 10.1 Å². The molecule has 2 aromatic rings. The molecule has 0 spiro atoms. The van der Waals surface area contributed by atoms with Crippen molar-refractivity contribution in [2.75, 3.05) is 6.61 Å². The molecule has 0 radical (unpaired) electrons. The number of ether oxygens (including phenoxy) is 1. The molecule has 1 aliphatic carbocycles. The first kappa shape index (κ1) is 13.2. The molecular weight excluding hydrogens is 250 g/mol. The Kier molecular flexibility index (Phi) is 3.74. The van der Waals surface area contributed by atoms with Crippen LogP contribution >= 0.6 is 0 Å². The molecule has 1 aromatic heterocycles. The van der Waals surface area contributed by atoms with Gasteiger partial charge in [0.2, 0.25) is 0 Å². The molecule has 0 amide bonds. The van der Waals surface area contributed by atoms with Gasteiger partial charge in [0, 0.05) is 23.8 Å². The van der Waals surface area contributed by atoms with E-state index in [-0.39, 0.29) is 0 Å². The molecule has 20 heavy (non-hydrogen) atoms. The highest BCUT2D eigenvalue weighted by Crippen LogP contribution is 2.25. The van der Waals surface area contributed by atoms with Crippen LogP contribution in [-0.4, -0.2) is 22.4 Å². The number of nitrogens with one attached hydrogen (secondary N) is 1. The average Bonchev–Trinajstić information content (AvgIpc) is 3.22. The van der Waals surface area contributed by atoms with Crippen molar-refractivity contribution in [2.24, 2.45) is 0 Å². The van der Waals surface area contributed by atoms with Gasteiger partial charge in [0.15, 0.2) is 0 Å². The van der Waals surface area contributed by atoms with Crippen LogP contribution in [-0.2, 0) is 6.54 Å². The molecule has 0 bridgehead atoms. The van der Waals surface area contributed by atoms with Gasteiger partial charge in [0.25, 0.3) is 0 Å². The van der Waals surface area contributed by atoms with E-state index in [9.17, 15) is 0 Å². The lowest BCUT2D eigenvalue weighted by Gasteiger charge is -2.11. The maximum absolute atomic E-state index is 5.69. The predicted molar refractivity (Wildman–Crippen MR) is 79.3 cm³/mol. The SMILES string of the molecule is CCOc1ccccc1-n1ncc(CNC2CC2)c1C. The summed E-state index contributed by atoms with van der Waals surface area (Å²) in [6, 6.07) is 8.75. The molecule has 0 saturated heterocycles. The Bertz CT molecular complexity index is 587. The average molecular weight is 271 g/mol. The van der Waals surface area contributed by atoms with Crippen LogP contribution in [0.5, 0.6) is 5.75 Å². The number of hydrogen-bond donors (Lipinski definition) is 1. The Morgan fingerprint density at radius 1 is 1.35 bits per heavy atom. The molecule has 1 heterocycles. The smallest absolute Gasteiger partial charge is 0.144 e. The zero-order valence-corrected chi connectivity index (χ0v) is 12.1. The first-order valence-corrected chi connectivity index (χ1v) is 7.28. The van der Waals surface area contributed by atoms with Gasteiger partial charge in [0.1, 0.15) is 11.4 Å². The lowest BCUT2D eigenvalue weighted by molar-refractivity contribution is 0.338. The van der Waals surface area contributed by atoms with Gasteiger partial charge in [-0.3, -0.25) is 0 Å². The van der Waals surface area contributed by atoms with Crippen molar-refractivity contribution in [3.63, 3.8) is 0 Å². The molecule has 0 unspecified atom stereocenters. The van der Waals surface area contributed by atoms with Crippen LogP contribution in [0.2, 0.25) is 0 Å². The number of rotatable bonds is 6. The van der Waals surface area contributed by atoms with E-state index in [4.69, 9.17) is 4.74 Å². The van der Waals surface area contributed by atoms with Crippen molar-refractivity contribution in [2.45, 2.75) is 39.3 Å². The monoisotopic (exact) mass is 271 g/mol. The fraction of sp³-hybridized carbons (Fsp3) is 0.438. The normalized spacial score (nSPS) is 14.5. The van der Waals surface area contributed by atoms with Crippen LogP contribution in [0.3, 0.4) is 0 Å². The largest absolute Gasteiger partial charge is 0.492 e. The second-order valence-corrected chi connectivity index (χ2v) is 5.22. The predicted octanol–water partition coefficient (Wildman–Crippen LogP) is 2.83.